The topological polar surface area (TPSA) is 26.3 Å². The number of halogens is 1. The van der Waals surface area contributed by atoms with Crippen LogP contribution in [0.1, 0.15) is 23.7 Å². The summed E-state index contributed by atoms with van der Waals surface area (Å²) in [6.07, 6.45) is 0.791. The van der Waals surface area contributed by atoms with Crippen molar-refractivity contribution in [3.8, 4) is 5.75 Å². The standard InChI is InChI=1S/C15H15BrO2/c1-3-14(16)15(17)12-5-4-11-9-13(18-2)7-6-10(11)8-12/h4-9,14H,3H2,1-2H3. The SMILES string of the molecule is CCC(Br)C(=O)c1ccc2cc(OC)ccc2c1. The number of methoxy groups -OCH3 is 1. The van der Waals surface area contributed by atoms with Crippen molar-refractivity contribution in [2.45, 2.75) is 18.2 Å². The number of ketones is 1. The third-order valence-electron chi connectivity index (χ3n) is 2.97. The van der Waals surface area contributed by atoms with Gasteiger partial charge in [0.15, 0.2) is 5.78 Å². The van der Waals surface area contributed by atoms with Gasteiger partial charge in [0.2, 0.25) is 0 Å². The van der Waals surface area contributed by atoms with Gasteiger partial charge in [-0.3, -0.25) is 4.79 Å². The van der Waals surface area contributed by atoms with Crippen LogP contribution in [-0.2, 0) is 0 Å². The van der Waals surface area contributed by atoms with Gasteiger partial charge in [-0.25, -0.2) is 0 Å². The molecule has 2 aromatic carbocycles. The second-order valence-electron chi connectivity index (χ2n) is 4.17. The molecular formula is C15H15BrO2. The van der Waals surface area contributed by atoms with Crippen molar-refractivity contribution in [2.75, 3.05) is 7.11 Å². The maximum atomic E-state index is 12.1. The van der Waals surface area contributed by atoms with Crippen LogP contribution < -0.4 is 4.74 Å². The van der Waals surface area contributed by atoms with E-state index < -0.39 is 0 Å². The first-order valence-corrected chi connectivity index (χ1v) is 6.83. The first-order chi connectivity index (χ1) is 8.65. The monoisotopic (exact) mass is 306 g/mol. The lowest BCUT2D eigenvalue weighted by Gasteiger charge is -2.08. The van der Waals surface area contributed by atoms with E-state index in [1.54, 1.807) is 7.11 Å². The third-order valence-corrected chi connectivity index (χ3v) is 4.04. The highest BCUT2D eigenvalue weighted by Crippen LogP contribution is 2.23. The Morgan fingerprint density at radius 3 is 2.56 bits per heavy atom. The van der Waals surface area contributed by atoms with Crippen LogP contribution in [0, 0.1) is 0 Å². The van der Waals surface area contributed by atoms with Crippen LogP contribution >= 0.6 is 15.9 Å². The van der Waals surface area contributed by atoms with Crippen molar-refractivity contribution >= 4 is 32.5 Å². The molecular weight excluding hydrogens is 292 g/mol. The number of hydrogen-bond donors (Lipinski definition) is 0. The number of alkyl halides is 1. The Hall–Kier alpha value is -1.35. The number of hydrogen-bond acceptors (Lipinski definition) is 2. The maximum absolute atomic E-state index is 12.1. The van der Waals surface area contributed by atoms with E-state index in [0.29, 0.717) is 0 Å². The van der Waals surface area contributed by atoms with Crippen LogP contribution in [0.4, 0.5) is 0 Å². The highest BCUT2D eigenvalue weighted by Gasteiger charge is 2.14. The molecule has 0 radical (unpaired) electrons. The van der Waals surface area contributed by atoms with Crippen molar-refractivity contribution in [3.05, 3.63) is 42.0 Å². The Morgan fingerprint density at radius 2 is 1.89 bits per heavy atom. The summed E-state index contributed by atoms with van der Waals surface area (Å²) in [5.74, 6) is 0.962. The van der Waals surface area contributed by atoms with Crippen molar-refractivity contribution in [1.29, 1.82) is 0 Å². The largest absolute Gasteiger partial charge is 0.497 e. The van der Waals surface area contributed by atoms with Gasteiger partial charge in [0.05, 0.1) is 11.9 Å². The van der Waals surface area contributed by atoms with E-state index in [0.717, 1.165) is 28.5 Å². The molecule has 0 aliphatic rings. The molecule has 0 spiro atoms. The van der Waals surface area contributed by atoms with Gasteiger partial charge >= 0.3 is 0 Å². The summed E-state index contributed by atoms with van der Waals surface area (Å²) in [6.45, 7) is 1.99. The summed E-state index contributed by atoms with van der Waals surface area (Å²) in [5.41, 5.74) is 0.747. The Kier molecular flexibility index (Phi) is 4.02. The fraction of sp³-hybridized carbons (Fsp3) is 0.267. The number of Topliss-reactive ketones (excluding diaryl/α,β-unsaturated/α-hetero) is 1. The van der Waals surface area contributed by atoms with Crippen molar-refractivity contribution in [3.63, 3.8) is 0 Å². The van der Waals surface area contributed by atoms with Gasteiger partial charge in [-0.1, -0.05) is 41.1 Å². The molecule has 0 amide bonds. The van der Waals surface area contributed by atoms with E-state index in [4.69, 9.17) is 4.74 Å². The lowest BCUT2D eigenvalue weighted by molar-refractivity contribution is 0.0990. The molecule has 0 fully saturated rings. The van der Waals surface area contributed by atoms with Gasteiger partial charge in [0.25, 0.3) is 0 Å². The third kappa shape index (κ3) is 2.56. The summed E-state index contributed by atoms with van der Waals surface area (Å²) in [4.78, 5) is 12.0. The average Bonchev–Trinajstić information content (AvgIpc) is 2.44. The first kappa shape index (κ1) is 13.1. The second-order valence-corrected chi connectivity index (χ2v) is 5.27. The molecule has 1 unspecified atom stereocenters. The van der Waals surface area contributed by atoms with Crippen LogP contribution in [0.25, 0.3) is 10.8 Å². The minimum Gasteiger partial charge on any atom is -0.497 e. The van der Waals surface area contributed by atoms with Gasteiger partial charge in [-0.2, -0.15) is 0 Å². The van der Waals surface area contributed by atoms with Crippen molar-refractivity contribution < 1.29 is 9.53 Å². The molecule has 94 valence electrons. The lowest BCUT2D eigenvalue weighted by Crippen LogP contribution is -2.12. The molecule has 0 saturated carbocycles. The predicted molar refractivity (Wildman–Crippen MR) is 77.8 cm³/mol. The van der Waals surface area contributed by atoms with Crippen LogP contribution in [0.15, 0.2) is 36.4 Å². The van der Waals surface area contributed by atoms with Gasteiger partial charge in [0, 0.05) is 5.56 Å². The van der Waals surface area contributed by atoms with E-state index in [9.17, 15) is 4.79 Å². The number of carbonyl (C=O) groups is 1. The Labute approximate surface area is 115 Å². The van der Waals surface area contributed by atoms with Crippen LogP contribution in [0.2, 0.25) is 0 Å². The minimum atomic E-state index is -0.104. The molecule has 0 aliphatic carbocycles. The lowest BCUT2D eigenvalue weighted by atomic mass is 10.0. The van der Waals surface area contributed by atoms with Crippen LogP contribution in [-0.4, -0.2) is 17.7 Å². The van der Waals surface area contributed by atoms with Gasteiger partial charge < -0.3 is 4.74 Å². The van der Waals surface area contributed by atoms with Crippen LogP contribution in [0.5, 0.6) is 5.75 Å². The summed E-state index contributed by atoms with van der Waals surface area (Å²) in [6, 6.07) is 11.6. The summed E-state index contributed by atoms with van der Waals surface area (Å²) < 4.78 is 5.18. The second kappa shape index (κ2) is 5.53. The molecule has 0 saturated heterocycles. The van der Waals surface area contributed by atoms with Gasteiger partial charge in [-0.15, -0.1) is 0 Å². The number of fused-ring (bicyclic) bond motifs is 1. The zero-order valence-electron chi connectivity index (χ0n) is 10.4. The molecule has 2 rings (SSSR count). The summed E-state index contributed by atoms with van der Waals surface area (Å²) >= 11 is 3.40. The maximum Gasteiger partial charge on any atom is 0.176 e. The number of rotatable bonds is 4. The molecule has 2 aromatic rings. The smallest absolute Gasteiger partial charge is 0.176 e. The van der Waals surface area contributed by atoms with E-state index in [1.807, 2.05) is 43.3 Å². The van der Waals surface area contributed by atoms with E-state index >= 15 is 0 Å². The number of benzene rings is 2. The number of carbonyl (C=O) groups excluding carboxylic acids is 1. The van der Waals surface area contributed by atoms with E-state index in [2.05, 4.69) is 15.9 Å². The normalized spacial score (nSPS) is 12.4. The first-order valence-electron chi connectivity index (χ1n) is 5.91. The molecule has 0 aliphatic heterocycles. The Morgan fingerprint density at radius 1 is 1.22 bits per heavy atom. The molecule has 2 nitrogen and oxygen atoms in total. The van der Waals surface area contributed by atoms with Crippen molar-refractivity contribution in [2.24, 2.45) is 0 Å². The van der Waals surface area contributed by atoms with Gasteiger partial charge in [-0.05, 0) is 35.4 Å². The molecule has 3 heteroatoms. The zero-order valence-corrected chi connectivity index (χ0v) is 12.0. The average molecular weight is 307 g/mol. The summed E-state index contributed by atoms with van der Waals surface area (Å²) in [7, 11) is 1.65. The van der Waals surface area contributed by atoms with E-state index in [-0.39, 0.29) is 10.6 Å². The Bertz CT molecular complexity index is 578. The van der Waals surface area contributed by atoms with Crippen LogP contribution in [0.3, 0.4) is 0 Å². The van der Waals surface area contributed by atoms with E-state index in [1.165, 1.54) is 0 Å². The highest BCUT2D eigenvalue weighted by atomic mass is 79.9. The highest BCUT2D eigenvalue weighted by molar-refractivity contribution is 9.10. The molecule has 0 aromatic heterocycles. The predicted octanol–water partition coefficient (Wildman–Crippen LogP) is 4.20. The molecule has 0 heterocycles. The number of ether oxygens (including phenoxy) is 1. The van der Waals surface area contributed by atoms with Crippen molar-refractivity contribution in [1.82, 2.24) is 0 Å². The molecule has 0 N–H and O–H groups in total. The fourth-order valence-corrected chi connectivity index (χ4v) is 2.13. The molecule has 0 bridgehead atoms. The van der Waals surface area contributed by atoms with Gasteiger partial charge in [0.1, 0.15) is 5.75 Å². The quantitative estimate of drug-likeness (QED) is 0.625. The Balaban J connectivity index is 2.42. The zero-order chi connectivity index (χ0) is 13.1. The molecule has 1 atom stereocenters. The molecule has 18 heavy (non-hydrogen) atoms. The fourth-order valence-electron chi connectivity index (χ4n) is 1.87. The minimum absolute atomic E-state index is 0.104. The summed E-state index contributed by atoms with van der Waals surface area (Å²) in [5, 5.41) is 2.13.